The minimum Gasteiger partial charge on any atom is -0.507 e. The summed E-state index contributed by atoms with van der Waals surface area (Å²) in [4.78, 5) is 0. The van der Waals surface area contributed by atoms with Gasteiger partial charge < -0.3 is 5.11 Å². The maximum absolute atomic E-state index is 10.4. The van der Waals surface area contributed by atoms with Crippen LogP contribution in [0.4, 0.5) is 0 Å². The molecule has 0 atom stereocenters. The standard InChI is InChI=1S/C24H26O/c1-16(2)18-8-10-19(11-9-18)21-12-13-24(25)23(15-21)22-7-5-6-20(14-22)17(3)4/h5-17,25H,1-4H3. The van der Waals surface area contributed by atoms with Gasteiger partial charge in [0.25, 0.3) is 0 Å². The van der Waals surface area contributed by atoms with E-state index in [9.17, 15) is 5.11 Å². The Morgan fingerprint density at radius 3 is 1.88 bits per heavy atom. The van der Waals surface area contributed by atoms with Crippen molar-refractivity contribution >= 4 is 0 Å². The van der Waals surface area contributed by atoms with Crippen LogP contribution < -0.4 is 0 Å². The van der Waals surface area contributed by atoms with E-state index >= 15 is 0 Å². The lowest BCUT2D eigenvalue weighted by Crippen LogP contribution is -1.89. The number of phenolic OH excluding ortho intramolecular Hbond substituents is 1. The van der Waals surface area contributed by atoms with E-state index in [1.54, 1.807) is 6.07 Å². The van der Waals surface area contributed by atoms with E-state index in [2.05, 4.69) is 82.3 Å². The maximum atomic E-state index is 10.4. The van der Waals surface area contributed by atoms with Gasteiger partial charge in [0.05, 0.1) is 0 Å². The molecule has 3 rings (SSSR count). The monoisotopic (exact) mass is 330 g/mol. The number of phenols is 1. The SMILES string of the molecule is CC(C)c1ccc(-c2ccc(O)c(-c3cccc(C(C)C)c3)c2)cc1. The predicted octanol–water partition coefficient (Wildman–Crippen LogP) is 6.97. The fourth-order valence-corrected chi connectivity index (χ4v) is 3.07. The Labute approximate surface area is 151 Å². The summed E-state index contributed by atoms with van der Waals surface area (Å²) in [6, 6.07) is 23.0. The lowest BCUT2D eigenvalue weighted by Gasteiger charge is -2.12. The molecule has 0 saturated heterocycles. The van der Waals surface area contributed by atoms with Crippen molar-refractivity contribution in [2.75, 3.05) is 0 Å². The number of aromatic hydroxyl groups is 1. The summed E-state index contributed by atoms with van der Waals surface area (Å²) >= 11 is 0. The van der Waals surface area contributed by atoms with E-state index in [0.717, 1.165) is 16.7 Å². The lowest BCUT2D eigenvalue weighted by molar-refractivity contribution is 0.477. The zero-order chi connectivity index (χ0) is 18.0. The second-order valence-corrected chi connectivity index (χ2v) is 7.29. The molecule has 0 radical (unpaired) electrons. The highest BCUT2D eigenvalue weighted by Gasteiger charge is 2.09. The molecule has 0 amide bonds. The molecule has 3 aromatic carbocycles. The fraction of sp³-hybridized carbons (Fsp3) is 0.250. The van der Waals surface area contributed by atoms with Crippen LogP contribution >= 0.6 is 0 Å². The molecule has 25 heavy (non-hydrogen) atoms. The Balaban J connectivity index is 2.02. The van der Waals surface area contributed by atoms with Crippen molar-refractivity contribution in [1.29, 1.82) is 0 Å². The highest BCUT2D eigenvalue weighted by atomic mass is 16.3. The van der Waals surface area contributed by atoms with Crippen LogP contribution in [0.2, 0.25) is 0 Å². The molecule has 1 N–H and O–H groups in total. The van der Waals surface area contributed by atoms with Crippen LogP contribution in [0, 0.1) is 0 Å². The summed E-state index contributed by atoms with van der Waals surface area (Å²) in [6.45, 7) is 8.78. The van der Waals surface area contributed by atoms with Crippen molar-refractivity contribution in [3.8, 4) is 28.0 Å². The molecule has 0 bridgehead atoms. The second kappa shape index (κ2) is 7.14. The van der Waals surface area contributed by atoms with Gasteiger partial charge in [0, 0.05) is 5.56 Å². The van der Waals surface area contributed by atoms with Gasteiger partial charge in [0.2, 0.25) is 0 Å². The van der Waals surface area contributed by atoms with Gasteiger partial charge in [-0.15, -0.1) is 0 Å². The molecule has 1 heteroatoms. The molecule has 0 aliphatic carbocycles. The van der Waals surface area contributed by atoms with Gasteiger partial charge in [-0.25, -0.2) is 0 Å². The molecule has 0 heterocycles. The highest BCUT2D eigenvalue weighted by molar-refractivity contribution is 5.77. The molecule has 0 unspecified atom stereocenters. The van der Waals surface area contributed by atoms with Gasteiger partial charge in [-0.3, -0.25) is 0 Å². The number of rotatable bonds is 4. The smallest absolute Gasteiger partial charge is 0.123 e. The zero-order valence-electron chi connectivity index (χ0n) is 15.5. The van der Waals surface area contributed by atoms with Crippen molar-refractivity contribution in [3.63, 3.8) is 0 Å². The average molecular weight is 330 g/mol. The van der Waals surface area contributed by atoms with Crippen molar-refractivity contribution in [2.45, 2.75) is 39.5 Å². The first-order chi connectivity index (χ1) is 12.0. The third-order valence-corrected chi connectivity index (χ3v) is 4.77. The zero-order valence-corrected chi connectivity index (χ0v) is 15.5. The summed E-state index contributed by atoms with van der Waals surface area (Å²) < 4.78 is 0. The molecule has 0 saturated carbocycles. The third-order valence-electron chi connectivity index (χ3n) is 4.77. The summed E-state index contributed by atoms with van der Waals surface area (Å²) in [7, 11) is 0. The quantitative estimate of drug-likeness (QED) is 0.547. The molecule has 0 aromatic heterocycles. The molecule has 0 spiro atoms. The molecular formula is C24H26O. The summed E-state index contributed by atoms with van der Waals surface area (Å²) in [5.41, 5.74) is 6.86. The first kappa shape index (κ1) is 17.3. The molecule has 0 aliphatic heterocycles. The first-order valence-electron chi connectivity index (χ1n) is 8.99. The Bertz CT molecular complexity index is 858. The number of benzene rings is 3. The normalized spacial score (nSPS) is 11.3. The topological polar surface area (TPSA) is 20.2 Å². The Hall–Kier alpha value is -2.54. The van der Waals surface area contributed by atoms with E-state index in [0.29, 0.717) is 17.6 Å². The minimum absolute atomic E-state index is 0.323. The molecule has 1 nitrogen and oxygen atoms in total. The highest BCUT2D eigenvalue weighted by Crippen LogP contribution is 2.35. The average Bonchev–Trinajstić information content (AvgIpc) is 2.62. The lowest BCUT2D eigenvalue weighted by atomic mass is 9.94. The van der Waals surface area contributed by atoms with Crippen LogP contribution in [0.1, 0.15) is 50.7 Å². The van der Waals surface area contributed by atoms with Crippen LogP contribution in [0.15, 0.2) is 66.7 Å². The van der Waals surface area contributed by atoms with E-state index in [1.807, 2.05) is 6.07 Å². The van der Waals surface area contributed by atoms with Crippen LogP contribution in [-0.4, -0.2) is 5.11 Å². The number of hydrogen-bond acceptors (Lipinski definition) is 1. The summed E-state index contributed by atoms with van der Waals surface area (Å²) in [6.07, 6.45) is 0. The molecule has 0 aliphatic rings. The Morgan fingerprint density at radius 2 is 1.24 bits per heavy atom. The van der Waals surface area contributed by atoms with Gasteiger partial charge in [0.1, 0.15) is 5.75 Å². The van der Waals surface area contributed by atoms with Crippen LogP contribution in [-0.2, 0) is 0 Å². The van der Waals surface area contributed by atoms with E-state index in [4.69, 9.17) is 0 Å². The molecule has 0 fully saturated rings. The van der Waals surface area contributed by atoms with Gasteiger partial charge in [-0.1, -0.05) is 82.3 Å². The van der Waals surface area contributed by atoms with Crippen LogP contribution in [0.3, 0.4) is 0 Å². The van der Waals surface area contributed by atoms with Gasteiger partial charge in [0.15, 0.2) is 0 Å². The maximum Gasteiger partial charge on any atom is 0.123 e. The first-order valence-corrected chi connectivity index (χ1v) is 8.99. The predicted molar refractivity (Wildman–Crippen MR) is 107 cm³/mol. The van der Waals surface area contributed by atoms with Crippen molar-refractivity contribution < 1.29 is 5.11 Å². The Kier molecular flexibility index (Phi) is 4.94. The Morgan fingerprint density at radius 1 is 0.600 bits per heavy atom. The van der Waals surface area contributed by atoms with Crippen molar-refractivity contribution in [2.24, 2.45) is 0 Å². The summed E-state index contributed by atoms with van der Waals surface area (Å²) in [5, 5.41) is 10.4. The van der Waals surface area contributed by atoms with Crippen molar-refractivity contribution in [3.05, 3.63) is 77.9 Å². The van der Waals surface area contributed by atoms with Gasteiger partial charge in [-0.05, 0) is 51.8 Å². The summed E-state index contributed by atoms with van der Waals surface area (Å²) in [5.74, 6) is 1.32. The van der Waals surface area contributed by atoms with Crippen LogP contribution in [0.25, 0.3) is 22.3 Å². The van der Waals surface area contributed by atoms with Gasteiger partial charge >= 0.3 is 0 Å². The van der Waals surface area contributed by atoms with Crippen molar-refractivity contribution in [1.82, 2.24) is 0 Å². The number of hydrogen-bond donors (Lipinski definition) is 1. The minimum atomic E-state index is 0.323. The molecular weight excluding hydrogens is 304 g/mol. The largest absolute Gasteiger partial charge is 0.507 e. The van der Waals surface area contributed by atoms with Gasteiger partial charge in [-0.2, -0.15) is 0 Å². The fourth-order valence-electron chi connectivity index (χ4n) is 3.07. The molecule has 3 aromatic rings. The van der Waals surface area contributed by atoms with E-state index in [-0.39, 0.29) is 0 Å². The van der Waals surface area contributed by atoms with E-state index in [1.165, 1.54) is 16.7 Å². The van der Waals surface area contributed by atoms with E-state index < -0.39 is 0 Å². The third kappa shape index (κ3) is 3.76. The van der Waals surface area contributed by atoms with Crippen LogP contribution in [0.5, 0.6) is 5.75 Å². The second-order valence-electron chi connectivity index (χ2n) is 7.29. The molecule has 128 valence electrons.